The largest absolute Gasteiger partial charge is 0.203 e. The molecule has 1 aromatic carbocycles. The Kier molecular flexibility index (Phi) is 4.17. The van der Waals surface area contributed by atoms with Gasteiger partial charge in [-0.05, 0) is 0 Å². The van der Waals surface area contributed by atoms with Crippen LogP contribution in [0.1, 0.15) is 5.56 Å². The highest BCUT2D eigenvalue weighted by Gasteiger charge is 2.24. The fourth-order valence-corrected chi connectivity index (χ4v) is 1.82. The summed E-state index contributed by atoms with van der Waals surface area (Å²) in [6.07, 6.45) is -0.490. The van der Waals surface area contributed by atoms with E-state index in [4.69, 9.17) is 0 Å². The zero-order valence-corrected chi connectivity index (χ0v) is 11.1. The molecule has 1 aromatic rings. The molecule has 0 atom stereocenters. The van der Waals surface area contributed by atoms with Crippen LogP contribution in [0.5, 0.6) is 0 Å². The van der Waals surface area contributed by atoms with Gasteiger partial charge in [-0.25, -0.2) is 22.0 Å². The van der Waals surface area contributed by atoms with Crippen molar-refractivity contribution in [2.24, 2.45) is 0 Å². The summed E-state index contributed by atoms with van der Waals surface area (Å²) in [6, 6.07) is 0. The van der Waals surface area contributed by atoms with E-state index in [1.54, 1.807) is 0 Å². The first-order chi connectivity index (χ1) is 8.15. The van der Waals surface area contributed by atoms with Crippen molar-refractivity contribution >= 4 is 8.07 Å². The van der Waals surface area contributed by atoms with Gasteiger partial charge in [-0.3, -0.25) is 0 Å². The van der Waals surface area contributed by atoms with E-state index in [9.17, 15) is 22.0 Å². The standard InChI is InChI=1S/C12H11F5Si/c1-18(2,3)6-4-5-7-8(13)10(15)12(17)11(16)9(7)14/h5H2,1-3H3. The lowest BCUT2D eigenvalue weighted by atomic mass is 10.1. The molecule has 0 fully saturated rings. The Morgan fingerprint density at radius 3 is 1.56 bits per heavy atom. The quantitative estimate of drug-likeness (QED) is 0.241. The van der Waals surface area contributed by atoms with Crippen LogP contribution in [0.2, 0.25) is 19.6 Å². The Bertz CT molecular complexity index is 505. The van der Waals surface area contributed by atoms with E-state index in [0.717, 1.165) is 0 Å². The summed E-state index contributed by atoms with van der Waals surface area (Å²) in [5, 5.41) is 0. The SMILES string of the molecule is C[Si](C)(C)C#CCc1c(F)c(F)c(F)c(F)c1F. The minimum absolute atomic E-state index is 0.490. The van der Waals surface area contributed by atoms with Crippen molar-refractivity contribution in [1.29, 1.82) is 0 Å². The molecule has 0 amide bonds. The second kappa shape index (κ2) is 5.10. The second-order valence-electron chi connectivity index (χ2n) is 4.78. The average molecular weight is 278 g/mol. The fourth-order valence-electron chi connectivity index (χ4n) is 1.20. The van der Waals surface area contributed by atoms with Crippen molar-refractivity contribution in [2.45, 2.75) is 26.1 Å². The van der Waals surface area contributed by atoms with Crippen molar-refractivity contribution in [3.05, 3.63) is 34.6 Å². The molecule has 0 heterocycles. The van der Waals surface area contributed by atoms with Crippen molar-refractivity contribution < 1.29 is 22.0 Å². The molecule has 6 heteroatoms. The van der Waals surface area contributed by atoms with Crippen LogP contribution in [0.4, 0.5) is 22.0 Å². The highest BCUT2D eigenvalue weighted by molar-refractivity contribution is 6.83. The number of halogens is 5. The number of rotatable bonds is 1. The minimum Gasteiger partial charge on any atom is -0.203 e. The molecule has 1 rings (SSSR count). The van der Waals surface area contributed by atoms with E-state index in [1.807, 2.05) is 19.6 Å². The Morgan fingerprint density at radius 1 is 0.778 bits per heavy atom. The topological polar surface area (TPSA) is 0 Å². The summed E-state index contributed by atoms with van der Waals surface area (Å²) < 4.78 is 65.0. The third-order valence-corrected chi connectivity index (χ3v) is 2.96. The van der Waals surface area contributed by atoms with E-state index in [2.05, 4.69) is 11.5 Å². The van der Waals surface area contributed by atoms with Gasteiger partial charge in [0.25, 0.3) is 0 Å². The van der Waals surface area contributed by atoms with Crippen molar-refractivity contribution in [2.75, 3.05) is 0 Å². The van der Waals surface area contributed by atoms with Gasteiger partial charge in [0.2, 0.25) is 5.82 Å². The molecule has 0 radical (unpaired) electrons. The van der Waals surface area contributed by atoms with Crippen molar-refractivity contribution in [3.63, 3.8) is 0 Å². The smallest absolute Gasteiger partial charge is 0.200 e. The first kappa shape index (κ1) is 14.7. The van der Waals surface area contributed by atoms with Crippen LogP contribution in [0, 0.1) is 40.6 Å². The normalized spacial score (nSPS) is 11.1. The fraction of sp³-hybridized carbons (Fsp3) is 0.333. The molecule has 98 valence electrons. The van der Waals surface area contributed by atoms with E-state index >= 15 is 0 Å². The van der Waals surface area contributed by atoms with E-state index < -0.39 is 49.1 Å². The maximum Gasteiger partial charge on any atom is 0.200 e. The lowest BCUT2D eigenvalue weighted by Gasteiger charge is -2.06. The van der Waals surface area contributed by atoms with Gasteiger partial charge >= 0.3 is 0 Å². The van der Waals surface area contributed by atoms with E-state index in [1.165, 1.54) is 0 Å². The summed E-state index contributed by atoms with van der Waals surface area (Å²) >= 11 is 0. The van der Waals surface area contributed by atoms with Crippen LogP contribution in [0.15, 0.2) is 0 Å². The molecule has 0 bridgehead atoms. The molecular weight excluding hydrogens is 267 g/mol. The summed E-state index contributed by atoms with van der Waals surface area (Å²) in [6.45, 7) is 5.70. The molecule has 0 aliphatic rings. The highest BCUT2D eigenvalue weighted by Crippen LogP contribution is 2.23. The van der Waals surface area contributed by atoms with Crippen molar-refractivity contribution in [1.82, 2.24) is 0 Å². The van der Waals surface area contributed by atoms with Gasteiger partial charge in [-0.1, -0.05) is 19.6 Å². The molecule has 0 unspecified atom stereocenters. The highest BCUT2D eigenvalue weighted by atomic mass is 28.3. The van der Waals surface area contributed by atoms with Crippen LogP contribution in [0.25, 0.3) is 0 Å². The molecule has 0 N–H and O–H groups in total. The number of hydrogen-bond acceptors (Lipinski definition) is 0. The van der Waals surface area contributed by atoms with Crippen LogP contribution in [-0.2, 0) is 6.42 Å². The lowest BCUT2D eigenvalue weighted by molar-refractivity contribution is 0.372. The van der Waals surface area contributed by atoms with Crippen LogP contribution in [-0.4, -0.2) is 8.07 Å². The zero-order valence-electron chi connectivity index (χ0n) is 10.1. The molecule has 18 heavy (non-hydrogen) atoms. The molecule has 0 nitrogen and oxygen atoms in total. The van der Waals surface area contributed by atoms with E-state index in [0.29, 0.717) is 0 Å². The molecule has 0 saturated carbocycles. The van der Waals surface area contributed by atoms with Crippen LogP contribution < -0.4 is 0 Å². The zero-order chi connectivity index (χ0) is 14.1. The van der Waals surface area contributed by atoms with Crippen LogP contribution in [0.3, 0.4) is 0 Å². The monoisotopic (exact) mass is 278 g/mol. The summed E-state index contributed by atoms with van der Waals surface area (Å²) in [7, 11) is -1.75. The van der Waals surface area contributed by atoms with Gasteiger partial charge in [0.05, 0.1) is 0 Å². The summed E-state index contributed by atoms with van der Waals surface area (Å²) in [5.74, 6) is -7.15. The van der Waals surface area contributed by atoms with E-state index in [-0.39, 0.29) is 0 Å². The summed E-state index contributed by atoms with van der Waals surface area (Å²) in [5.41, 5.74) is 1.92. The van der Waals surface area contributed by atoms with Crippen molar-refractivity contribution in [3.8, 4) is 11.5 Å². The molecular formula is C12H11F5Si. The van der Waals surface area contributed by atoms with Gasteiger partial charge in [0.1, 0.15) is 8.07 Å². The Balaban J connectivity index is 3.22. The minimum atomic E-state index is -2.15. The van der Waals surface area contributed by atoms with Gasteiger partial charge < -0.3 is 0 Å². The number of benzene rings is 1. The summed E-state index contributed by atoms with van der Waals surface area (Å²) in [4.78, 5) is 0. The number of hydrogen-bond donors (Lipinski definition) is 0. The third-order valence-electron chi connectivity index (χ3n) is 2.03. The van der Waals surface area contributed by atoms with Crippen LogP contribution >= 0.6 is 0 Å². The third kappa shape index (κ3) is 3.10. The first-order valence-corrected chi connectivity index (χ1v) is 8.65. The Hall–Kier alpha value is -1.35. The molecule has 0 aliphatic heterocycles. The molecule has 0 saturated heterocycles. The second-order valence-corrected chi connectivity index (χ2v) is 9.53. The van der Waals surface area contributed by atoms with Gasteiger partial charge in [-0.15, -0.1) is 11.5 Å². The maximum atomic E-state index is 13.2. The Labute approximate surface area is 103 Å². The predicted molar refractivity (Wildman–Crippen MR) is 61.1 cm³/mol. The molecule has 0 aliphatic carbocycles. The predicted octanol–water partition coefficient (Wildman–Crippen LogP) is 3.81. The Morgan fingerprint density at radius 2 is 1.17 bits per heavy atom. The molecule has 0 aromatic heterocycles. The van der Waals surface area contributed by atoms with Gasteiger partial charge in [-0.2, -0.15) is 0 Å². The van der Waals surface area contributed by atoms with Gasteiger partial charge in [0, 0.05) is 12.0 Å². The molecule has 0 spiro atoms. The first-order valence-electron chi connectivity index (χ1n) is 5.15. The lowest BCUT2D eigenvalue weighted by Crippen LogP contribution is -2.16. The average Bonchev–Trinajstić information content (AvgIpc) is 2.27. The maximum absolute atomic E-state index is 13.2. The van der Waals surface area contributed by atoms with Gasteiger partial charge in [0.15, 0.2) is 23.3 Å².